The lowest BCUT2D eigenvalue weighted by atomic mass is 9.81. The molecule has 5 nitrogen and oxygen atoms in total. The molecule has 0 aliphatic heterocycles. The van der Waals surface area contributed by atoms with Crippen LogP contribution in [-0.4, -0.2) is 18.9 Å². The Balaban J connectivity index is 2.28. The lowest BCUT2D eigenvalue weighted by Gasteiger charge is -2.24. The highest BCUT2D eigenvalue weighted by molar-refractivity contribution is 7.20. The lowest BCUT2D eigenvalue weighted by Crippen LogP contribution is -2.18. The van der Waals surface area contributed by atoms with E-state index in [1.165, 1.54) is 23.8 Å². The molecule has 6 heteroatoms. The molecular weight excluding hydrogens is 324 g/mol. The Morgan fingerprint density at radius 1 is 1.38 bits per heavy atom. The first-order chi connectivity index (χ1) is 11.3. The van der Waals surface area contributed by atoms with E-state index in [1.54, 1.807) is 7.11 Å². The standard InChI is InChI=1S/C18H20N2O3S/c1-8-5-11-6-9(2)14-15(17(19)22)18(20-10(3)21)24-16(14)12(11)7-13(8)23-4/h5,7,9H,6H2,1-4H3,(H2,19,22)(H,20,21). The zero-order chi connectivity index (χ0) is 17.6. The summed E-state index contributed by atoms with van der Waals surface area (Å²) in [6.45, 7) is 5.52. The Kier molecular flexibility index (Phi) is 4.09. The van der Waals surface area contributed by atoms with Crippen LogP contribution in [0.15, 0.2) is 12.1 Å². The molecule has 0 spiro atoms. The number of methoxy groups -OCH3 is 1. The van der Waals surface area contributed by atoms with Crippen molar-refractivity contribution in [1.82, 2.24) is 0 Å². The van der Waals surface area contributed by atoms with E-state index in [2.05, 4.69) is 18.3 Å². The first-order valence-corrected chi connectivity index (χ1v) is 8.57. The molecule has 1 atom stereocenters. The van der Waals surface area contributed by atoms with Crippen molar-refractivity contribution in [3.63, 3.8) is 0 Å². The van der Waals surface area contributed by atoms with Gasteiger partial charge in [-0.3, -0.25) is 9.59 Å². The zero-order valence-electron chi connectivity index (χ0n) is 14.1. The summed E-state index contributed by atoms with van der Waals surface area (Å²) in [5, 5.41) is 3.28. The molecule has 3 rings (SSSR count). The summed E-state index contributed by atoms with van der Waals surface area (Å²) in [6.07, 6.45) is 0.823. The number of nitrogens with two attached hydrogens (primary N) is 1. The number of aryl methyl sites for hydroxylation is 1. The predicted octanol–water partition coefficient (Wildman–Crippen LogP) is 3.45. The van der Waals surface area contributed by atoms with Crippen LogP contribution in [0.2, 0.25) is 0 Å². The van der Waals surface area contributed by atoms with Crippen LogP contribution in [0.25, 0.3) is 10.4 Å². The van der Waals surface area contributed by atoms with Gasteiger partial charge in [-0.25, -0.2) is 0 Å². The molecule has 0 bridgehead atoms. The maximum absolute atomic E-state index is 12.0. The van der Waals surface area contributed by atoms with Gasteiger partial charge in [0.25, 0.3) is 5.91 Å². The van der Waals surface area contributed by atoms with Crippen LogP contribution in [0.3, 0.4) is 0 Å². The van der Waals surface area contributed by atoms with Gasteiger partial charge in [-0.15, -0.1) is 11.3 Å². The minimum absolute atomic E-state index is 0.154. The molecule has 126 valence electrons. The Hall–Kier alpha value is -2.34. The first-order valence-electron chi connectivity index (χ1n) is 7.75. The van der Waals surface area contributed by atoms with Crippen molar-refractivity contribution in [3.8, 4) is 16.2 Å². The Morgan fingerprint density at radius 2 is 2.08 bits per heavy atom. The fourth-order valence-corrected chi connectivity index (χ4v) is 4.81. The van der Waals surface area contributed by atoms with E-state index in [0.717, 1.165) is 33.7 Å². The topological polar surface area (TPSA) is 81.4 Å². The highest BCUT2D eigenvalue weighted by Gasteiger charge is 2.32. The third-order valence-corrected chi connectivity index (χ3v) is 5.52. The molecule has 0 saturated carbocycles. The highest BCUT2D eigenvalue weighted by Crippen LogP contribution is 2.50. The van der Waals surface area contributed by atoms with E-state index in [9.17, 15) is 9.59 Å². The van der Waals surface area contributed by atoms with Gasteiger partial charge in [0.05, 0.1) is 12.7 Å². The summed E-state index contributed by atoms with van der Waals surface area (Å²) in [5.74, 6) is 0.238. The van der Waals surface area contributed by atoms with Gasteiger partial charge in [0.2, 0.25) is 5.91 Å². The number of amides is 2. The molecule has 3 N–H and O–H groups in total. The molecule has 1 aliphatic carbocycles. The fraction of sp³-hybridized carbons (Fsp3) is 0.333. The van der Waals surface area contributed by atoms with Gasteiger partial charge < -0.3 is 15.8 Å². The van der Waals surface area contributed by atoms with Crippen molar-refractivity contribution >= 4 is 28.2 Å². The monoisotopic (exact) mass is 344 g/mol. The smallest absolute Gasteiger partial charge is 0.252 e. The number of fused-ring (bicyclic) bond motifs is 3. The van der Waals surface area contributed by atoms with Gasteiger partial charge >= 0.3 is 0 Å². The largest absolute Gasteiger partial charge is 0.496 e. The molecule has 0 saturated heterocycles. The number of carbonyl (C=O) groups is 2. The summed E-state index contributed by atoms with van der Waals surface area (Å²) in [5.41, 5.74) is 10.3. The minimum Gasteiger partial charge on any atom is -0.496 e. The first kappa shape index (κ1) is 16.5. The van der Waals surface area contributed by atoms with Crippen molar-refractivity contribution in [3.05, 3.63) is 34.4 Å². The number of benzene rings is 1. The van der Waals surface area contributed by atoms with Crippen LogP contribution < -0.4 is 15.8 Å². The normalized spacial score (nSPS) is 15.4. The second-order valence-electron chi connectivity index (χ2n) is 6.18. The molecule has 1 unspecified atom stereocenters. The predicted molar refractivity (Wildman–Crippen MR) is 96.0 cm³/mol. The zero-order valence-corrected chi connectivity index (χ0v) is 15.0. The number of rotatable bonds is 3. The van der Waals surface area contributed by atoms with Crippen molar-refractivity contribution in [2.45, 2.75) is 33.1 Å². The Bertz CT molecular complexity index is 854. The second-order valence-corrected chi connectivity index (χ2v) is 7.20. The molecule has 1 aromatic heterocycles. The third kappa shape index (κ3) is 2.57. The fourth-order valence-electron chi connectivity index (χ4n) is 3.39. The Morgan fingerprint density at radius 3 is 2.67 bits per heavy atom. The molecule has 2 amide bonds. The van der Waals surface area contributed by atoms with Crippen LogP contribution >= 0.6 is 11.3 Å². The Labute approximate surface area is 144 Å². The van der Waals surface area contributed by atoms with Gasteiger partial charge in [-0.2, -0.15) is 0 Å². The summed E-state index contributed by atoms with van der Waals surface area (Å²) in [6, 6.07) is 4.14. The van der Waals surface area contributed by atoms with Crippen LogP contribution in [0.5, 0.6) is 5.75 Å². The summed E-state index contributed by atoms with van der Waals surface area (Å²) in [4.78, 5) is 24.5. The van der Waals surface area contributed by atoms with Crippen molar-refractivity contribution < 1.29 is 14.3 Å². The molecule has 0 fully saturated rings. The maximum Gasteiger partial charge on any atom is 0.252 e. The van der Waals surface area contributed by atoms with Crippen molar-refractivity contribution in [2.24, 2.45) is 5.73 Å². The van der Waals surface area contributed by atoms with E-state index in [0.29, 0.717) is 10.6 Å². The molecular formula is C18H20N2O3S. The van der Waals surface area contributed by atoms with E-state index in [1.807, 2.05) is 13.0 Å². The quantitative estimate of drug-likeness (QED) is 0.895. The van der Waals surface area contributed by atoms with Crippen molar-refractivity contribution in [2.75, 3.05) is 12.4 Å². The minimum atomic E-state index is -0.509. The average Bonchev–Trinajstić information content (AvgIpc) is 2.86. The molecule has 1 aliphatic rings. The number of primary amides is 1. The van der Waals surface area contributed by atoms with Gasteiger partial charge in [0.1, 0.15) is 10.8 Å². The SMILES string of the molecule is COc1cc2c(cc1C)CC(C)c1c-2sc(NC(C)=O)c1C(N)=O. The van der Waals surface area contributed by atoms with Crippen LogP contribution in [0.1, 0.15) is 46.8 Å². The van der Waals surface area contributed by atoms with Gasteiger partial charge in [0, 0.05) is 11.8 Å². The molecule has 1 heterocycles. The number of thiophene rings is 1. The molecule has 1 aromatic carbocycles. The van der Waals surface area contributed by atoms with Crippen LogP contribution in [0.4, 0.5) is 5.00 Å². The van der Waals surface area contributed by atoms with Crippen LogP contribution in [0, 0.1) is 6.92 Å². The second kappa shape index (κ2) is 5.94. The number of anilines is 1. The molecule has 24 heavy (non-hydrogen) atoms. The lowest BCUT2D eigenvalue weighted by molar-refractivity contribution is -0.114. The van der Waals surface area contributed by atoms with Gasteiger partial charge in [0.15, 0.2) is 0 Å². The third-order valence-electron chi connectivity index (χ3n) is 4.37. The van der Waals surface area contributed by atoms with E-state index in [4.69, 9.17) is 10.5 Å². The number of carbonyl (C=O) groups excluding carboxylic acids is 2. The number of hydrogen-bond donors (Lipinski definition) is 2. The van der Waals surface area contributed by atoms with Gasteiger partial charge in [-0.1, -0.05) is 13.0 Å². The van der Waals surface area contributed by atoms with Crippen molar-refractivity contribution in [1.29, 1.82) is 0 Å². The summed E-state index contributed by atoms with van der Waals surface area (Å²) in [7, 11) is 1.65. The highest BCUT2D eigenvalue weighted by atomic mass is 32.1. The molecule has 0 radical (unpaired) electrons. The number of ether oxygens (including phenoxy) is 1. The average molecular weight is 344 g/mol. The van der Waals surface area contributed by atoms with E-state index >= 15 is 0 Å². The van der Waals surface area contributed by atoms with E-state index < -0.39 is 5.91 Å². The van der Waals surface area contributed by atoms with E-state index in [-0.39, 0.29) is 11.8 Å². The van der Waals surface area contributed by atoms with Crippen LogP contribution in [-0.2, 0) is 11.2 Å². The number of hydrogen-bond acceptors (Lipinski definition) is 4. The maximum atomic E-state index is 12.0. The summed E-state index contributed by atoms with van der Waals surface area (Å²) >= 11 is 1.40. The summed E-state index contributed by atoms with van der Waals surface area (Å²) < 4.78 is 5.45. The number of nitrogens with one attached hydrogen (secondary N) is 1. The van der Waals surface area contributed by atoms with Gasteiger partial charge in [-0.05, 0) is 47.6 Å². The molecule has 2 aromatic rings.